The SMILES string of the molecule is CN(C)S(=O)(=O)c1cn(C)nc1N. The summed E-state index contributed by atoms with van der Waals surface area (Å²) in [5.74, 6) is 0.0243. The van der Waals surface area contributed by atoms with Crippen molar-refractivity contribution in [1.29, 1.82) is 0 Å². The van der Waals surface area contributed by atoms with Gasteiger partial charge in [-0.2, -0.15) is 5.10 Å². The number of rotatable bonds is 2. The molecule has 13 heavy (non-hydrogen) atoms. The Morgan fingerprint density at radius 3 is 2.38 bits per heavy atom. The number of nitrogens with zero attached hydrogens (tertiary/aromatic N) is 3. The van der Waals surface area contributed by atoms with Crippen LogP contribution >= 0.6 is 0 Å². The third kappa shape index (κ3) is 1.65. The van der Waals surface area contributed by atoms with Crippen molar-refractivity contribution in [3.8, 4) is 0 Å². The second-order valence-corrected chi connectivity index (χ2v) is 4.96. The molecule has 0 spiro atoms. The van der Waals surface area contributed by atoms with Crippen LogP contribution in [0.15, 0.2) is 11.1 Å². The Bertz CT molecular complexity index is 406. The highest BCUT2D eigenvalue weighted by atomic mass is 32.2. The maximum absolute atomic E-state index is 11.6. The molecular formula is C6H12N4O2S. The van der Waals surface area contributed by atoms with E-state index in [4.69, 9.17) is 5.73 Å². The first-order chi connectivity index (χ1) is 5.85. The summed E-state index contributed by atoms with van der Waals surface area (Å²) >= 11 is 0. The first kappa shape index (κ1) is 10.0. The van der Waals surface area contributed by atoms with Gasteiger partial charge in [-0.15, -0.1) is 0 Å². The van der Waals surface area contributed by atoms with Crippen LogP contribution in [0.5, 0.6) is 0 Å². The van der Waals surface area contributed by atoms with Crippen LogP contribution < -0.4 is 5.73 Å². The maximum Gasteiger partial charge on any atom is 0.247 e. The van der Waals surface area contributed by atoms with Crippen LogP contribution in [0, 0.1) is 0 Å². The van der Waals surface area contributed by atoms with Crippen LogP contribution in [0.3, 0.4) is 0 Å². The lowest BCUT2D eigenvalue weighted by Crippen LogP contribution is -2.22. The Morgan fingerprint density at radius 2 is 2.08 bits per heavy atom. The third-order valence-electron chi connectivity index (χ3n) is 1.58. The summed E-state index contributed by atoms with van der Waals surface area (Å²) in [7, 11) is 1.05. The van der Waals surface area contributed by atoms with E-state index in [2.05, 4.69) is 5.10 Å². The molecule has 6 nitrogen and oxygen atoms in total. The molecular weight excluding hydrogens is 192 g/mol. The fourth-order valence-corrected chi connectivity index (χ4v) is 1.86. The Hall–Kier alpha value is -1.08. The van der Waals surface area contributed by atoms with Crippen LogP contribution in [-0.4, -0.2) is 36.6 Å². The molecule has 0 atom stereocenters. The van der Waals surface area contributed by atoms with Crippen molar-refractivity contribution < 1.29 is 8.42 Å². The van der Waals surface area contributed by atoms with Gasteiger partial charge in [-0.3, -0.25) is 4.68 Å². The molecule has 1 heterocycles. The molecule has 0 aromatic carbocycles. The van der Waals surface area contributed by atoms with Crippen LogP contribution in [0.2, 0.25) is 0 Å². The van der Waals surface area contributed by atoms with E-state index in [0.29, 0.717) is 0 Å². The third-order valence-corrected chi connectivity index (χ3v) is 3.41. The van der Waals surface area contributed by atoms with E-state index in [1.807, 2.05) is 0 Å². The molecule has 0 saturated heterocycles. The Morgan fingerprint density at radius 1 is 1.54 bits per heavy atom. The van der Waals surface area contributed by atoms with Gasteiger partial charge >= 0.3 is 0 Å². The van der Waals surface area contributed by atoms with Gasteiger partial charge in [0, 0.05) is 27.3 Å². The molecule has 0 fully saturated rings. The fourth-order valence-electron chi connectivity index (χ4n) is 0.879. The van der Waals surface area contributed by atoms with Gasteiger partial charge in [0.25, 0.3) is 0 Å². The summed E-state index contributed by atoms with van der Waals surface area (Å²) in [5.41, 5.74) is 5.43. The van der Waals surface area contributed by atoms with E-state index in [1.165, 1.54) is 25.0 Å². The molecule has 1 aromatic heterocycles. The number of hydrogen-bond donors (Lipinski definition) is 1. The molecule has 0 radical (unpaired) electrons. The van der Waals surface area contributed by atoms with Gasteiger partial charge in [0.15, 0.2) is 5.82 Å². The van der Waals surface area contributed by atoms with Crippen molar-refractivity contribution in [2.24, 2.45) is 7.05 Å². The molecule has 0 unspecified atom stereocenters. The molecule has 1 aromatic rings. The minimum atomic E-state index is -3.46. The van der Waals surface area contributed by atoms with E-state index in [9.17, 15) is 8.42 Å². The highest BCUT2D eigenvalue weighted by Crippen LogP contribution is 2.18. The van der Waals surface area contributed by atoms with E-state index in [-0.39, 0.29) is 10.7 Å². The first-order valence-electron chi connectivity index (χ1n) is 3.57. The largest absolute Gasteiger partial charge is 0.381 e. The predicted octanol–water partition coefficient (Wildman–Crippen LogP) is -0.747. The van der Waals surface area contributed by atoms with Gasteiger partial charge in [-0.1, -0.05) is 0 Å². The quantitative estimate of drug-likeness (QED) is 0.687. The molecule has 2 N–H and O–H groups in total. The van der Waals surface area contributed by atoms with Gasteiger partial charge in [0.2, 0.25) is 10.0 Å². The number of nitrogen functional groups attached to an aromatic ring is 1. The van der Waals surface area contributed by atoms with Gasteiger partial charge in [-0.05, 0) is 0 Å². The smallest absolute Gasteiger partial charge is 0.247 e. The van der Waals surface area contributed by atoms with Crippen molar-refractivity contribution >= 4 is 15.8 Å². The van der Waals surface area contributed by atoms with E-state index in [0.717, 1.165) is 4.31 Å². The molecule has 74 valence electrons. The highest BCUT2D eigenvalue weighted by molar-refractivity contribution is 7.89. The monoisotopic (exact) mass is 204 g/mol. The summed E-state index contributed by atoms with van der Waals surface area (Å²) in [6, 6.07) is 0. The normalized spacial score (nSPS) is 12.3. The topological polar surface area (TPSA) is 81.2 Å². The van der Waals surface area contributed by atoms with Crippen molar-refractivity contribution in [2.75, 3.05) is 19.8 Å². The van der Waals surface area contributed by atoms with Crippen LogP contribution in [-0.2, 0) is 17.1 Å². The van der Waals surface area contributed by atoms with Crippen molar-refractivity contribution in [1.82, 2.24) is 14.1 Å². The number of sulfonamides is 1. The molecule has 0 amide bonds. The minimum absolute atomic E-state index is 0.0243. The lowest BCUT2D eigenvalue weighted by molar-refractivity contribution is 0.521. The number of anilines is 1. The second kappa shape index (κ2) is 3.00. The van der Waals surface area contributed by atoms with E-state index in [1.54, 1.807) is 7.05 Å². The van der Waals surface area contributed by atoms with Crippen molar-refractivity contribution in [2.45, 2.75) is 4.90 Å². The van der Waals surface area contributed by atoms with Gasteiger partial charge in [0.05, 0.1) is 0 Å². The van der Waals surface area contributed by atoms with Gasteiger partial charge < -0.3 is 5.73 Å². The number of hydrogen-bond acceptors (Lipinski definition) is 4. The average molecular weight is 204 g/mol. The molecule has 0 aliphatic rings. The van der Waals surface area contributed by atoms with Crippen LogP contribution in [0.4, 0.5) is 5.82 Å². The molecule has 0 saturated carbocycles. The maximum atomic E-state index is 11.6. The Kier molecular flexibility index (Phi) is 2.31. The Balaban J connectivity index is 3.31. The molecule has 1 rings (SSSR count). The van der Waals surface area contributed by atoms with E-state index >= 15 is 0 Å². The summed E-state index contributed by atoms with van der Waals surface area (Å²) in [6.07, 6.45) is 1.38. The summed E-state index contributed by atoms with van der Waals surface area (Å²) in [6.45, 7) is 0. The standard InChI is InChI=1S/C6H12N4O2S/c1-9(2)13(11,12)5-4-10(3)8-6(5)7/h4H,1-3H3,(H2,7,8). The molecule has 0 aliphatic heterocycles. The predicted molar refractivity (Wildman–Crippen MR) is 48.5 cm³/mol. The lowest BCUT2D eigenvalue weighted by Gasteiger charge is -2.08. The zero-order valence-corrected chi connectivity index (χ0v) is 8.54. The van der Waals surface area contributed by atoms with Crippen molar-refractivity contribution in [3.63, 3.8) is 0 Å². The number of aryl methyl sites for hydroxylation is 1. The van der Waals surface area contributed by atoms with Gasteiger partial charge in [-0.25, -0.2) is 12.7 Å². The second-order valence-electron chi connectivity index (χ2n) is 2.84. The lowest BCUT2D eigenvalue weighted by atomic mass is 10.7. The average Bonchev–Trinajstić information content (AvgIpc) is 2.30. The zero-order chi connectivity index (χ0) is 10.2. The van der Waals surface area contributed by atoms with Crippen LogP contribution in [0.25, 0.3) is 0 Å². The molecule has 7 heteroatoms. The van der Waals surface area contributed by atoms with Gasteiger partial charge in [0.1, 0.15) is 4.90 Å². The first-order valence-corrected chi connectivity index (χ1v) is 5.01. The van der Waals surface area contributed by atoms with Crippen molar-refractivity contribution in [3.05, 3.63) is 6.20 Å². The highest BCUT2D eigenvalue weighted by Gasteiger charge is 2.22. The minimum Gasteiger partial charge on any atom is -0.381 e. The summed E-state index contributed by atoms with van der Waals surface area (Å²) < 4.78 is 25.6. The zero-order valence-electron chi connectivity index (χ0n) is 7.72. The summed E-state index contributed by atoms with van der Waals surface area (Å²) in [5, 5.41) is 3.75. The Labute approximate surface area is 77.0 Å². The fraction of sp³-hybridized carbons (Fsp3) is 0.500. The molecule has 0 aliphatic carbocycles. The van der Waals surface area contributed by atoms with E-state index < -0.39 is 10.0 Å². The number of nitrogens with two attached hydrogens (primary N) is 1. The number of aromatic nitrogens is 2. The molecule has 0 bridgehead atoms. The summed E-state index contributed by atoms with van der Waals surface area (Å²) in [4.78, 5) is 0.0417. The van der Waals surface area contributed by atoms with Crippen LogP contribution in [0.1, 0.15) is 0 Å².